The summed E-state index contributed by atoms with van der Waals surface area (Å²) in [6.45, 7) is 3.75. The minimum Gasteiger partial charge on any atom is -0.477 e. The minimum absolute atomic E-state index is 0.139. The van der Waals surface area contributed by atoms with Crippen molar-refractivity contribution in [2.24, 2.45) is 5.92 Å². The standard InChI is InChI=1S/C9H13NO3S/c1-4-3-14-8-5(2)7(11)10(8)6(4)9(12)13/h5,7-8,11H,3H2,1-2H3,(H,12,13)/t5?,7-,8?/m0/s1. The van der Waals surface area contributed by atoms with Crippen LogP contribution in [0.15, 0.2) is 11.3 Å². The summed E-state index contributed by atoms with van der Waals surface area (Å²) in [5, 5.41) is 18.8. The zero-order valence-electron chi connectivity index (χ0n) is 8.10. The molecule has 0 aliphatic carbocycles. The van der Waals surface area contributed by atoms with E-state index in [1.165, 1.54) is 0 Å². The second-order valence-corrected chi connectivity index (χ2v) is 4.92. The van der Waals surface area contributed by atoms with Gasteiger partial charge in [0.2, 0.25) is 0 Å². The van der Waals surface area contributed by atoms with Crippen molar-refractivity contribution in [3.8, 4) is 0 Å². The first kappa shape index (κ1) is 9.86. The number of hydrogen-bond acceptors (Lipinski definition) is 4. The number of fused-ring (bicyclic) bond motifs is 1. The molecule has 0 aromatic heterocycles. The van der Waals surface area contributed by atoms with Crippen molar-refractivity contribution in [2.45, 2.75) is 25.4 Å². The van der Waals surface area contributed by atoms with Gasteiger partial charge in [-0.15, -0.1) is 11.8 Å². The van der Waals surface area contributed by atoms with E-state index in [9.17, 15) is 9.90 Å². The number of carbonyl (C=O) groups is 1. The SMILES string of the molecule is CC1=C(C(=O)O)N2C(SC1)C(C)[C@@H]2O. The maximum absolute atomic E-state index is 11.0. The lowest BCUT2D eigenvalue weighted by molar-refractivity contribution is -0.149. The Morgan fingerprint density at radius 3 is 2.86 bits per heavy atom. The Bertz CT molecular complexity index is 315. The summed E-state index contributed by atoms with van der Waals surface area (Å²) < 4.78 is 0. The van der Waals surface area contributed by atoms with Crippen LogP contribution in [0.3, 0.4) is 0 Å². The predicted molar refractivity (Wildman–Crippen MR) is 53.6 cm³/mol. The van der Waals surface area contributed by atoms with Crippen LogP contribution in [0, 0.1) is 5.92 Å². The average molecular weight is 215 g/mol. The Hall–Kier alpha value is -0.680. The fourth-order valence-corrected chi connectivity index (χ4v) is 3.38. The van der Waals surface area contributed by atoms with Gasteiger partial charge in [-0.1, -0.05) is 6.92 Å². The van der Waals surface area contributed by atoms with Crippen molar-refractivity contribution in [2.75, 3.05) is 5.75 Å². The highest BCUT2D eigenvalue weighted by Crippen LogP contribution is 2.45. The third-order valence-corrected chi connectivity index (χ3v) is 4.41. The average Bonchev–Trinajstić information content (AvgIpc) is 2.15. The first-order valence-electron chi connectivity index (χ1n) is 4.55. The van der Waals surface area contributed by atoms with Gasteiger partial charge in [0.1, 0.15) is 11.9 Å². The molecule has 2 aliphatic rings. The van der Waals surface area contributed by atoms with Crippen LogP contribution in [0.4, 0.5) is 0 Å². The summed E-state index contributed by atoms with van der Waals surface area (Å²) in [5.41, 5.74) is 1.13. The summed E-state index contributed by atoms with van der Waals surface area (Å²) >= 11 is 1.70. The topological polar surface area (TPSA) is 60.8 Å². The molecule has 2 rings (SSSR count). The zero-order chi connectivity index (χ0) is 10.5. The first-order chi connectivity index (χ1) is 6.54. The number of carboxylic acid groups (broad SMARTS) is 1. The van der Waals surface area contributed by atoms with Crippen molar-refractivity contribution in [3.05, 3.63) is 11.3 Å². The van der Waals surface area contributed by atoms with Crippen LogP contribution in [-0.4, -0.2) is 38.4 Å². The summed E-state index contributed by atoms with van der Waals surface area (Å²) in [6, 6.07) is 0. The molecule has 5 heteroatoms. The molecule has 3 atom stereocenters. The Labute approximate surface area is 86.6 Å². The van der Waals surface area contributed by atoms with Gasteiger partial charge in [0.25, 0.3) is 0 Å². The van der Waals surface area contributed by atoms with Crippen molar-refractivity contribution in [1.82, 2.24) is 4.90 Å². The van der Waals surface area contributed by atoms with Gasteiger partial charge in [-0.05, 0) is 12.5 Å². The largest absolute Gasteiger partial charge is 0.477 e. The van der Waals surface area contributed by atoms with Crippen LogP contribution in [-0.2, 0) is 4.79 Å². The van der Waals surface area contributed by atoms with Crippen LogP contribution in [0.1, 0.15) is 13.8 Å². The smallest absolute Gasteiger partial charge is 0.352 e. The highest BCUT2D eigenvalue weighted by molar-refractivity contribution is 8.00. The van der Waals surface area contributed by atoms with E-state index in [2.05, 4.69) is 0 Å². The summed E-state index contributed by atoms with van der Waals surface area (Å²) in [5.74, 6) is -0.0268. The van der Waals surface area contributed by atoms with Gasteiger partial charge < -0.3 is 15.1 Å². The Balaban J connectivity index is 2.32. The van der Waals surface area contributed by atoms with Crippen LogP contribution in [0.2, 0.25) is 0 Å². The van der Waals surface area contributed by atoms with Gasteiger partial charge in [0.15, 0.2) is 0 Å². The van der Waals surface area contributed by atoms with Gasteiger partial charge in [-0.25, -0.2) is 4.79 Å². The van der Waals surface area contributed by atoms with Crippen LogP contribution >= 0.6 is 11.8 Å². The molecular formula is C9H13NO3S. The van der Waals surface area contributed by atoms with E-state index in [0.29, 0.717) is 5.70 Å². The quantitative estimate of drug-likeness (QED) is 0.674. The van der Waals surface area contributed by atoms with Crippen LogP contribution in [0.5, 0.6) is 0 Å². The number of carboxylic acids is 1. The Morgan fingerprint density at radius 1 is 1.64 bits per heavy atom. The molecule has 14 heavy (non-hydrogen) atoms. The van der Waals surface area contributed by atoms with E-state index >= 15 is 0 Å². The number of hydrogen-bond donors (Lipinski definition) is 2. The molecule has 2 unspecified atom stereocenters. The highest BCUT2D eigenvalue weighted by atomic mass is 32.2. The van der Waals surface area contributed by atoms with E-state index in [4.69, 9.17) is 5.11 Å². The predicted octanol–water partition coefficient (Wildman–Crippen LogP) is 0.688. The molecule has 0 bridgehead atoms. The Morgan fingerprint density at radius 2 is 2.29 bits per heavy atom. The van der Waals surface area contributed by atoms with E-state index in [1.54, 1.807) is 16.7 Å². The maximum Gasteiger partial charge on any atom is 0.352 e. The lowest BCUT2D eigenvalue weighted by atomic mass is 9.96. The molecule has 2 aliphatic heterocycles. The maximum atomic E-state index is 11.0. The molecule has 0 saturated carbocycles. The molecule has 2 heterocycles. The van der Waals surface area contributed by atoms with E-state index < -0.39 is 12.2 Å². The Kier molecular flexibility index (Phi) is 2.23. The molecule has 0 aromatic carbocycles. The molecular weight excluding hydrogens is 202 g/mol. The molecule has 0 radical (unpaired) electrons. The summed E-state index contributed by atoms with van der Waals surface area (Å²) in [7, 11) is 0. The summed E-state index contributed by atoms with van der Waals surface area (Å²) in [4.78, 5) is 12.6. The molecule has 1 fully saturated rings. The molecule has 0 spiro atoms. The van der Waals surface area contributed by atoms with Crippen molar-refractivity contribution < 1.29 is 15.0 Å². The number of thioether (sulfide) groups is 1. The van der Waals surface area contributed by atoms with Crippen molar-refractivity contribution in [1.29, 1.82) is 0 Å². The number of aliphatic hydroxyl groups is 1. The van der Waals surface area contributed by atoms with Crippen molar-refractivity contribution in [3.63, 3.8) is 0 Å². The fourth-order valence-electron chi connectivity index (χ4n) is 1.99. The van der Waals surface area contributed by atoms with E-state index in [1.807, 2.05) is 13.8 Å². The van der Waals surface area contributed by atoms with Crippen LogP contribution in [0.25, 0.3) is 0 Å². The monoisotopic (exact) mass is 215 g/mol. The van der Waals surface area contributed by atoms with Gasteiger partial charge in [0.05, 0.1) is 5.37 Å². The number of nitrogens with zero attached hydrogens (tertiary/aromatic N) is 1. The fraction of sp³-hybridized carbons (Fsp3) is 0.667. The van der Waals surface area contributed by atoms with Gasteiger partial charge in [0, 0.05) is 11.7 Å². The molecule has 2 N–H and O–H groups in total. The minimum atomic E-state index is -0.932. The lowest BCUT2D eigenvalue weighted by Gasteiger charge is -2.54. The molecule has 0 aromatic rings. The summed E-state index contributed by atoms with van der Waals surface area (Å²) in [6.07, 6.45) is -0.631. The zero-order valence-corrected chi connectivity index (χ0v) is 8.91. The van der Waals surface area contributed by atoms with Crippen molar-refractivity contribution >= 4 is 17.7 Å². The molecule has 1 saturated heterocycles. The lowest BCUT2D eigenvalue weighted by Crippen LogP contribution is -2.63. The third-order valence-electron chi connectivity index (χ3n) is 2.81. The molecule has 4 nitrogen and oxygen atoms in total. The van der Waals surface area contributed by atoms with E-state index in [-0.39, 0.29) is 11.3 Å². The van der Waals surface area contributed by atoms with Gasteiger partial charge >= 0.3 is 5.97 Å². The molecule has 78 valence electrons. The number of rotatable bonds is 1. The third kappa shape index (κ3) is 1.15. The second-order valence-electron chi connectivity index (χ2n) is 3.82. The second kappa shape index (κ2) is 3.17. The number of aliphatic hydroxyl groups excluding tert-OH is 1. The van der Waals surface area contributed by atoms with Crippen LogP contribution < -0.4 is 0 Å². The van der Waals surface area contributed by atoms with Gasteiger partial charge in [-0.3, -0.25) is 0 Å². The first-order valence-corrected chi connectivity index (χ1v) is 5.60. The number of aliphatic carboxylic acids is 1. The molecule has 0 amide bonds. The van der Waals surface area contributed by atoms with E-state index in [0.717, 1.165) is 11.3 Å². The normalized spacial score (nSPS) is 36.5. The van der Waals surface area contributed by atoms with Gasteiger partial charge in [-0.2, -0.15) is 0 Å². The highest BCUT2D eigenvalue weighted by Gasteiger charge is 2.50.